The predicted octanol–water partition coefficient (Wildman–Crippen LogP) is 1.91. The first-order chi connectivity index (χ1) is 4.73. The highest BCUT2D eigenvalue weighted by Gasteiger charge is 2.91. The van der Waals surface area contributed by atoms with E-state index in [-0.39, 0.29) is 7.26 Å². The normalized spacial score (nSPS) is 77.4. The van der Waals surface area contributed by atoms with Crippen molar-refractivity contribution >= 4 is 7.26 Å². The van der Waals surface area contributed by atoms with Crippen molar-refractivity contribution in [3.8, 4) is 0 Å². The van der Waals surface area contributed by atoms with E-state index in [0.717, 1.165) is 0 Å². The molecule has 4 unspecified atom stereocenters. The minimum atomic E-state index is -0.308. The highest BCUT2D eigenvalue weighted by molar-refractivity contribution is 7.77. The van der Waals surface area contributed by atoms with E-state index in [9.17, 15) is 0 Å². The molecule has 0 aromatic carbocycles. The Morgan fingerprint density at radius 3 is 1.90 bits per heavy atom. The molecule has 0 aromatic rings. The van der Waals surface area contributed by atoms with Crippen LogP contribution in [0.5, 0.6) is 0 Å². The van der Waals surface area contributed by atoms with E-state index in [1.54, 1.807) is 6.42 Å². The van der Waals surface area contributed by atoms with E-state index in [0.29, 0.717) is 0 Å². The average molecular weight is 153 g/mol. The lowest BCUT2D eigenvalue weighted by Crippen LogP contribution is -2.38. The molecule has 4 saturated carbocycles. The monoisotopic (exact) mass is 153 g/mol. The summed E-state index contributed by atoms with van der Waals surface area (Å²) in [6.07, 6.45) is 1.66. The zero-order valence-electron chi connectivity index (χ0n) is 6.62. The van der Waals surface area contributed by atoms with Crippen LogP contribution in [0.1, 0.15) is 6.42 Å². The van der Waals surface area contributed by atoms with Gasteiger partial charge in [0.2, 0.25) is 0 Å². The van der Waals surface area contributed by atoms with Gasteiger partial charge in [-0.2, -0.15) is 0 Å². The van der Waals surface area contributed by atoms with Gasteiger partial charge in [-0.05, 0) is 12.3 Å². The van der Waals surface area contributed by atoms with Crippen LogP contribution in [0.25, 0.3) is 0 Å². The van der Waals surface area contributed by atoms with E-state index in [1.165, 1.54) is 35.0 Å². The van der Waals surface area contributed by atoms with E-state index < -0.39 is 0 Å². The average Bonchev–Trinajstić information content (AvgIpc) is 2.38. The van der Waals surface area contributed by atoms with Gasteiger partial charge in [-0.15, -0.1) is 0 Å². The van der Waals surface area contributed by atoms with Gasteiger partial charge in [0.15, 0.2) is 0 Å². The van der Waals surface area contributed by atoms with Crippen LogP contribution in [0.2, 0.25) is 0 Å². The molecule has 0 amide bonds. The molecule has 0 N–H and O–H groups in total. The van der Waals surface area contributed by atoms with Crippen LogP contribution < -0.4 is 0 Å². The summed E-state index contributed by atoms with van der Waals surface area (Å²) in [5.74, 6) is 5.12. The summed E-state index contributed by atoms with van der Waals surface area (Å²) in [5, 5.41) is 0. The van der Waals surface area contributed by atoms with Crippen LogP contribution in [-0.2, 0) is 0 Å². The molecule has 0 spiro atoms. The quantitative estimate of drug-likeness (QED) is 0.466. The molecule has 1 saturated heterocycles. The van der Waals surface area contributed by atoms with Crippen LogP contribution in [0.15, 0.2) is 0 Å². The van der Waals surface area contributed by atoms with Crippen LogP contribution in [-0.4, -0.2) is 24.6 Å². The molecule has 4 aliphatic carbocycles. The van der Waals surface area contributed by atoms with E-state index in [4.69, 9.17) is 0 Å². The summed E-state index contributed by atoms with van der Waals surface area (Å²) in [6, 6.07) is 0. The first-order valence-corrected chi connectivity index (χ1v) is 7.38. The van der Waals surface area contributed by atoms with Gasteiger partial charge >= 0.3 is 0 Å². The minimum Gasteiger partial charge on any atom is -0.0392 e. The first kappa shape index (κ1) is 5.14. The summed E-state index contributed by atoms with van der Waals surface area (Å²) in [5.41, 5.74) is 2.60. The summed E-state index contributed by atoms with van der Waals surface area (Å²) in [4.78, 5) is 0. The molecular weight excluding hydrogens is 139 g/mol. The Kier molecular flexibility index (Phi) is 0.533. The summed E-state index contributed by atoms with van der Waals surface area (Å²) in [6.45, 7) is 5.24. The van der Waals surface area contributed by atoms with Gasteiger partial charge in [0.05, 0.1) is 11.3 Å². The molecule has 0 radical (unpaired) electrons. The zero-order chi connectivity index (χ0) is 6.67. The lowest BCUT2D eigenvalue weighted by Gasteiger charge is -2.43. The van der Waals surface area contributed by atoms with Crippen molar-refractivity contribution in [3.05, 3.63) is 0 Å². The number of hydrogen-bond acceptors (Lipinski definition) is 0. The molecule has 1 heteroatoms. The molecule has 6 bridgehead atoms. The number of hydrogen-bond donors (Lipinski definition) is 0. The summed E-state index contributed by atoms with van der Waals surface area (Å²) >= 11 is 0. The maximum Gasteiger partial charge on any atom is 0.0796 e. The Bertz CT molecular complexity index is 209. The van der Waals surface area contributed by atoms with Gasteiger partial charge in [0.25, 0.3) is 0 Å². The van der Waals surface area contributed by atoms with Gasteiger partial charge < -0.3 is 0 Å². The van der Waals surface area contributed by atoms with Gasteiger partial charge in [-0.1, -0.05) is 0 Å². The third-order valence-electron chi connectivity index (χ3n) is 5.04. The van der Waals surface area contributed by atoms with Crippen LogP contribution in [0, 0.1) is 23.7 Å². The fourth-order valence-electron chi connectivity index (χ4n) is 5.04. The van der Waals surface area contributed by atoms with Crippen LogP contribution >= 0.6 is 7.26 Å². The van der Waals surface area contributed by atoms with Gasteiger partial charge in [0, 0.05) is 38.3 Å². The van der Waals surface area contributed by atoms with Crippen molar-refractivity contribution in [1.82, 2.24) is 0 Å². The van der Waals surface area contributed by atoms with Crippen LogP contribution in [0.3, 0.4) is 0 Å². The molecule has 5 aliphatic rings. The Morgan fingerprint density at radius 1 is 1.00 bits per heavy atom. The lowest BCUT2D eigenvalue weighted by atomic mass is 10.1. The molecule has 10 heavy (non-hydrogen) atoms. The van der Waals surface area contributed by atoms with Crippen molar-refractivity contribution < 1.29 is 0 Å². The van der Waals surface area contributed by atoms with Gasteiger partial charge in [-0.25, -0.2) is 0 Å². The fraction of sp³-hybridized carbons (Fsp3) is 1.00. The van der Waals surface area contributed by atoms with Crippen molar-refractivity contribution in [2.24, 2.45) is 23.7 Å². The molecule has 1 aliphatic heterocycles. The summed E-state index contributed by atoms with van der Waals surface area (Å²) in [7, 11) is -0.308. The van der Waals surface area contributed by atoms with Crippen LogP contribution in [0.4, 0.5) is 0 Å². The number of rotatable bonds is 0. The Labute approximate surface area is 62.7 Å². The molecular formula is C9H14P+. The molecule has 54 valence electrons. The van der Waals surface area contributed by atoms with Crippen molar-refractivity contribution in [2.45, 2.75) is 17.7 Å². The van der Waals surface area contributed by atoms with Crippen molar-refractivity contribution in [3.63, 3.8) is 0 Å². The van der Waals surface area contributed by atoms with Gasteiger partial charge in [0.1, 0.15) is 0 Å². The second kappa shape index (κ2) is 1.04. The molecule has 0 aromatic heterocycles. The molecule has 5 rings (SSSR count). The highest BCUT2D eigenvalue weighted by Crippen LogP contribution is 2.97. The third kappa shape index (κ3) is 0.258. The van der Waals surface area contributed by atoms with E-state index in [2.05, 4.69) is 13.3 Å². The van der Waals surface area contributed by atoms with Gasteiger partial charge in [-0.3, -0.25) is 0 Å². The standard InChI is InChI=1S/C9H14P/c1-10(2)8-5-3-4-6(8)7(4)9(5)10/h4-9H,3H2,1-2H3/q+1. The van der Waals surface area contributed by atoms with E-state index >= 15 is 0 Å². The molecule has 1 heterocycles. The molecule has 5 fully saturated rings. The Balaban J connectivity index is 1.95. The maximum atomic E-state index is 2.62. The van der Waals surface area contributed by atoms with Crippen molar-refractivity contribution in [1.29, 1.82) is 0 Å². The smallest absolute Gasteiger partial charge is 0.0392 e. The maximum absolute atomic E-state index is 2.62. The summed E-state index contributed by atoms with van der Waals surface area (Å²) < 4.78 is 0. The molecule has 4 atom stereocenters. The topological polar surface area (TPSA) is 0 Å². The third-order valence-corrected chi connectivity index (χ3v) is 9.57. The highest BCUT2D eigenvalue weighted by atomic mass is 31.2. The first-order valence-electron chi connectivity index (χ1n) is 4.56. The van der Waals surface area contributed by atoms with Crippen molar-refractivity contribution in [2.75, 3.05) is 13.3 Å². The Hall–Kier alpha value is 0.430. The fourth-order valence-corrected chi connectivity index (χ4v) is 10.3. The predicted molar refractivity (Wildman–Crippen MR) is 44.9 cm³/mol. The second-order valence-corrected chi connectivity index (χ2v) is 9.78. The molecule has 0 nitrogen and oxygen atoms in total. The van der Waals surface area contributed by atoms with E-state index in [1.807, 2.05) is 0 Å². The zero-order valence-corrected chi connectivity index (χ0v) is 7.51. The largest absolute Gasteiger partial charge is 0.0796 e. The minimum absolute atomic E-state index is 0.308. The Morgan fingerprint density at radius 2 is 1.60 bits per heavy atom. The SMILES string of the molecule is C[P+]1(C)C2C3CC4C2C4C31. The lowest BCUT2D eigenvalue weighted by molar-refractivity contribution is 0.554. The second-order valence-electron chi connectivity index (χ2n) is 5.33.